The standard InChI is InChI=1S/C19H17N5O2S/c1-11-3-8-14-15(9-11)27-19(23-14)24-17-16(20)18(22-10-21-17)26-13-6-4-12(25-2)5-7-13/h3-10H,20H2,1-2H3,(H,21,22,23,24). The van der Waals surface area contributed by atoms with Crippen LogP contribution in [0.4, 0.5) is 16.6 Å². The first-order chi connectivity index (χ1) is 13.1. The Morgan fingerprint density at radius 3 is 2.59 bits per heavy atom. The number of fused-ring (bicyclic) bond motifs is 1. The van der Waals surface area contributed by atoms with Gasteiger partial charge in [0, 0.05) is 0 Å². The van der Waals surface area contributed by atoms with Crippen LogP contribution in [0, 0.1) is 6.92 Å². The fourth-order valence-electron chi connectivity index (χ4n) is 2.50. The first kappa shape index (κ1) is 17.0. The van der Waals surface area contributed by atoms with Gasteiger partial charge in [0.1, 0.15) is 23.5 Å². The van der Waals surface area contributed by atoms with Gasteiger partial charge in [0.15, 0.2) is 10.9 Å². The number of hydrogen-bond donors (Lipinski definition) is 2. The summed E-state index contributed by atoms with van der Waals surface area (Å²) in [6.07, 6.45) is 1.40. The molecule has 7 nitrogen and oxygen atoms in total. The molecule has 4 rings (SSSR count). The van der Waals surface area contributed by atoms with Crippen molar-refractivity contribution in [1.29, 1.82) is 0 Å². The summed E-state index contributed by atoms with van der Waals surface area (Å²) in [6, 6.07) is 13.3. The minimum atomic E-state index is 0.273. The van der Waals surface area contributed by atoms with Gasteiger partial charge >= 0.3 is 0 Å². The Labute approximate surface area is 159 Å². The van der Waals surface area contributed by atoms with E-state index in [9.17, 15) is 0 Å². The van der Waals surface area contributed by atoms with Gasteiger partial charge in [-0.05, 0) is 48.9 Å². The average Bonchev–Trinajstić information content (AvgIpc) is 3.07. The van der Waals surface area contributed by atoms with Crippen molar-refractivity contribution in [3.05, 3.63) is 54.4 Å². The molecule has 2 aromatic carbocycles. The highest BCUT2D eigenvalue weighted by atomic mass is 32.1. The third-order valence-electron chi connectivity index (χ3n) is 3.89. The second kappa shape index (κ2) is 7.08. The largest absolute Gasteiger partial charge is 0.497 e. The molecule has 2 aromatic heterocycles. The Kier molecular flexibility index (Phi) is 4.47. The van der Waals surface area contributed by atoms with E-state index in [1.165, 1.54) is 23.2 Å². The number of aromatic nitrogens is 3. The van der Waals surface area contributed by atoms with Crippen molar-refractivity contribution in [1.82, 2.24) is 15.0 Å². The van der Waals surface area contributed by atoms with Gasteiger partial charge in [-0.2, -0.15) is 4.98 Å². The van der Waals surface area contributed by atoms with E-state index >= 15 is 0 Å². The molecule has 2 heterocycles. The van der Waals surface area contributed by atoms with Crippen LogP contribution in [0.1, 0.15) is 5.56 Å². The molecule has 0 amide bonds. The highest BCUT2D eigenvalue weighted by Crippen LogP contribution is 2.34. The molecule has 0 aliphatic carbocycles. The van der Waals surface area contributed by atoms with Crippen LogP contribution < -0.4 is 20.5 Å². The topological polar surface area (TPSA) is 95.2 Å². The highest BCUT2D eigenvalue weighted by Gasteiger charge is 2.13. The lowest BCUT2D eigenvalue weighted by atomic mass is 10.2. The van der Waals surface area contributed by atoms with Crippen molar-refractivity contribution in [2.45, 2.75) is 6.92 Å². The summed E-state index contributed by atoms with van der Waals surface area (Å²) in [6.45, 7) is 2.05. The lowest BCUT2D eigenvalue weighted by Gasteiger charge is -2.10. The van der Waals surface area contributed by atoms with Crippen LogP contribution in [-0.2, 0) is 0 Å². The van der Waals surface area contributed by atoms with Crippen molar-refractivity contribution < 1.29 is 9.47 Å². The highest BCUT2D eigenvalue weighted by molar-refractivity contribution is 7.22. The number of benzene rings is 2. The first-order valence-corrected chi connectivity index (χ1v) is 9.00. The van der Waals surface area contributed by atoms with E-state index in [0.29, 0.717) is 22.4 Å². The fourth-order valence-corrected chi connectivity index (χ4v) is 3.47. The zero-order valence-electron chi connectivity index (χ0n) is 14.8. The van der Waals surface area contributed by atoms with Crippen molar-refractivity contribution in [3.8, 4) is 17.4 Å². The Morgan fingerprint density at radius 1 is 1.04 bits per heavy atom. The van der Waals surface area contributed by atoms with E-state index in [2.05, 4.69) is 33.3 Å². The van der Waals surface area contributed by atoms with Crippen LogP contribution in [0.15, 0.2) is 48.8 Å². The van der Waals surface area contributed by atoms with Crippen molar-refractivity contribution in [2.24, 2.45) is 0 Å². The molecule has 8 heteroatoms. The molecule has 0 saturated carbocycles. The number of rotatable bonds is 5. The Morgan fingerprint density at radius 2 is 1.81 bits per heavy atom. The zero-order chi connectivity index (χ0) is 18.8. The molecule has 0 radical (unpaired) electrons. The molecule has 0 aliphatic heterocycles. The quantitative estimate of drug-likeness (QED) is 0.526. The van der Waals surface area contributed by atoms with E-state index in [0.717, 1.165) is 16.0 Å². The lowest BCUT2D eigenvalue weighted by molar-refractivity contribution is 0.412. The molecule has 0 fully saturated rings. The van der Waals surface area contributed by atoms with Crippen molar-refractivity contribution in [2.75, 3.05) is 18.2 Å². The van der Waals surface area contributed by atoms with Crippen LogP contribution in [0.3, 0.4) is 0 Å². The molecule has 0 atom stereocenters. The smallest absolute Gasteiger partial charge is 0.248 e. The maximum atomic E-state index is 6.19. The summed E-state index contributed by atoms with van der Waals surface area (Å²) in [5.41, 5.74) is 8.62. The molecule has 0 bridgehead atoms. The zero-order valence-corrected chi connectivity index (χ0v) is 15.6. The first-order valence-electron chi connectivity index (χ1n) is 8.19. The van der Waals surface area contributed by atoms with Crippen LogP contribution in [0.25, 0.3) is 10.2 Å². The number of nitrogens with zero attached hydrogens (tertiary/aromatic N) is 3. The third kappa shape index (κ3) is 3.61. The molecule has 0 unspecified atom stereocenters. The van der Waals surface area contributed by atoms with Gasteiger partial charge in [-0.3, -0.25) is 0 Å². The number of nitrogen functional groups attached to an aromatic ring is 1. The van der Waals surface area contributed by atoms with Crippen LogP contribution in [0.5, 0.6) is 17.4 Å². The average molecular weight is 379 g/mol. The maximum Gasteiger partial charge on any atom is 0.248 e. The van der Waals surface area contributed by atoms with Gasteiger partial charge in [-0.1, -0.05) is 17.4 Å². The number of ether oxygens (including phenoxy) is 2. The summed E-state index contributed by atoms with van der Waals surface area (Å²) in [5, 5.41) is 3.86. The van der Waals surface area contributed by atoms with E-state index in [1.807, 2.05) is 12.1 Å². The van der Waals surface area contributed by atoms with Crippen molar-refractivity contribution >= 4 is 38.2 Å². The van der Waals surface area contributed by atoms with Gasteiger partial charge < -0.3 is 20.5 Å². The second-order valence-corrected chi connectivity index (χ2v) is 6.86. The minimum absolute atomic E-state index is 0.273. The lowest BCUT2D eigenvalue weighted by Crippen LogP contribution is -2.02. The summed E-state index contributed by atoms with van der Waals surface area (Å²) >= 11 is 1.54. The molecule has 27 heavy (non-hydrogen) atoms. The molecule has 136 valence electrons. The SMILES string of the molecule is COc1ccc(Oc2ncnc(Nc3nc4ccc(C)cc4s3)c2N)cc1. The molecule has 4 aromatic rings. The second-order valence-electron chi connectivity index (χ2n) is 5.83. The molecule has 0 spiro atoms. The minimum Gasteiger partial charge on any atom is -0.497 e. The molecule has 0 saturated heterocycles. The van der Waals surface area contributed by atoms with Gasteiger partial charge in [0.05, 0.1) is 17.3 Å². The maximum absolute atomic E-state index is 6.19. The number of nitrogens with one attached hydrogen (secondary N) is 1. The number of aryl methyl sites for hydroxylation is 1. The normalized spacial score (nSPS) is 10.7. The predicted octanol–water partition coefficient (Wildman–Crippen LogP) is 4.52. The van der Waals surface area contributed by atoms with E-state index in [-0.39, 0.29) is 5.88 Å². The number of thiazole rings is 1. The Bertz CT molecular complexity index is 1100. The van der Waals surface area contributed by atoms with Crippen LogP contribution in [0.2, 0.25) is 0 Å². The summed E-state index contributed by atoms with van der Waals surface area (Å²) in [5.74, 6) is 2.06. The van der Waals surface area contributed by atoms with Gasteiger partial charge in [-0.15, -0.1) is 0 Å². The molecule has 3 N–H and O–H groups in total. The summed E-state index contributed by atoms with van der Waals surface area (Å²) < 4.78 is 12.0. The number of nitrogens with two attached hydrogens (primary N) is 1. The van der Waals surface area contributed by atoms with Gasteiger partial charge in [-0.25, -0.2) is 9.97 Å². The summed E-state index contributed by atoms with van der Waals surface area (Å²) in [7, 11) is 1.61. The van der Waals surface area contributed by atoms with Crippen molar-refractivity contribution in [3.63, 3.8) is 0 Å². The van der Waals surface area contributed by atoms with Crippen LogP contribution >= 0.6 is 11.3 Å². The number of methoxy groups -OCH3 is 1. The van der Waals surface area contributed by atoms with E-state index < -0.39 is 0 Å². The third-order valence-corrected chi connectivity index (χ3v) is 4.82. The number of hydrogen-bond acceptors (Lipinski definition) is 8. The Balaban J connectivity index is 1.58. The van der Waals surface area contributed by atoms with E-state index in [1.54, 1.807) is 31.4 Å². The van der Waals surface area contributed by atoms with Crippen LogP contribution in [-0.4, -0.2) is 22.1 Å². The Hall–Kier alpha value is -3.39. The van der Waals surface area contributed by atoms with Gasteiger partial charge in [0.2, 0.25) is 5.88 Å². The molecule has 0 aliphatic rings. The predicted molar refractivity (Wildman–Crippen MR) is 107 cm³/mol. The molecular weight excluding hydrogens is 362 g/mol. The monoisotopic (exact) mass is 379 g/mol. The number of anilines is 3. The molecular formula is C19H17N5O2S. The van der Waals surface area contributed by atoms with E-state index in [4.69, 9.17) is 15.2 Å². The fraction of sp³-hybridized carbons (Fsp3) is 0.105. The van der Waals surface area contributed by atoms with Gasteiger partial charge in [0.25, 0.3) is 0 Å². The summed E-state index contributed by atoms with van der Waals surface area (Å²) in [4.78, 5) is 12.9.